The number of nitrogens with two attached hydrogens (primary N) is 1. The Morgan fingerprint density at radius 3 is 2.45 bits per heavy atom. The molecule has 0 unspecified atom stereocenters. The molecule has 2 aromatic carbocycles. The van der Waals surface area contributed by atoms with E-state index in [2.05, 4.69) is 15.3 Å². The maximum Gasteiger partial charge on any atom is 0.251 e. The van der Waals surface area contributed by atoms with Gasteiger partial charge in [0.1, 0.15) is 0 Å². The van der Waals surface area contributed by atoms with Crippen LogP contribution in [0.4, 0.5) is 5.95 Å². The second-order valence-corrected chi connectivity index (χ2v) is 8.76. The summed E-state index contributed by atoms with van der Waals surface area (Å²) in [5.41, 5.74) is 9.38. The van der Waals surface area contributed by atoms with Crippen LogP contribution in [-0.2, 0) is 0 Å². The average molecular weight is 417 g/mol. The summed E-state index contributed by atoms with van der Waals surface area (Å²) in [7, 11) is 0. The Kier molecular flexibility index (Phi) is 5.45. The van der Waals surface area contributed by atoms with Gasteiger partial charge in [0.15, 0.2) is 0 Å². The van der Waals surface area contributed by atoms with Gasteiger partial charge in [-0.25, -0.2) is 4.98 Å². The van der Waals surface area contributed by atoms with Gasteiger partial charge >= 0.3 is 0 Å². The number of ether oxygens (including phenoxy) is 1. The molecule has 160 valence electrons. The van der Waals surface area contributed by atoms with E-state index in [-0.39, 0.29) is 11.9 Å². The summed E-state index contributed by atoms with van der Waals surface area (Å²) in [5, 5.41) is 4.03. The summed E-state index contributed by atoms with van der Waals surface area (Å²) in [6.07, 6.45) is 8.27. The zero-order chi connectivity index (χ0) is 21.2. The number of rotatable bonds is 6. The highest BCUT2D eigenvalue weighted by atomic mass is 16.5. The molecule has 2 saturated carbocycles. The summed E-state index contributed by atoms with van der Waals surface area (Å²) in [4.78, 5) is 21.2. The van der Waals surface area contributed by atoms with Crippen molar-refractivity contribution in [3.63, 3.8) is 0 Å². The minimum Gasteiger partial charge on any atom is -0.477 e. The molecule has 1 aromatic heterocycles. The third-order valence-electron chi connectivity index (χ3n) is 6.25. The summed E-state index contributed by atoms with van der Waals surface area (Å²) in [6.45, 7) is 0.667. The van der Waals surface area contributed by atoms with Crippen molar-refractivity contribution in [1.29, 1.82) is 0 Å². The van der Waals surface area contributed by atoms with Gasteiger partial charge in [-0.2, -0.15) is 4.98 Å². The number of benzene rings is 2. The maximum atomic E-state index is 12.6. The van der Waals surface area contributed by atoms with Crippen molar-refractivity contribution in [2.45, 2.75) is 51.0 Å². The first kappa shape index (κ1) is 19.8. The quantitative estimate of drug-likeness (QED) is 0.606. The zero-order valence-electron chi connectivity index (χ0n) is 17.6. The predicted octanol–water partition coefficient (Wildman–Crippen LogP) is 4.73. The van der Waals surface area contributed by atoms with Gasteiger partial charge in [-0.1, -0.05) is 37.5 Å². The molecular weight excluding hydrogens is 388 g/mol. The normalized spacial score (nSPS) is 16.9. The minimum absolute atomic E-state index is 0.0107. The van der Waals surface area contributed by atoms with Crippen LogP contribution in [0.3, 0.4) is 0 Å². The molecule has 0 radical (unpaired) electrons. The fourth-order valence-electron chi connectivity index (χ4n) is 4.22. The molecule has 2 aliphatic carbocycles. The molecule has 0 bridgehead atoms. The Hall–Kier alpha value is -3.15. The molecule has 3 aromatic rings. The van der Waals surface area contributed by atoms with Crippen molar-refractivity contribution >= 4 is 22.8 Å². The maximum absolute atomic E-state index is 12.6. The summed E-state index contributed by atoms with van der Waals surface area (Å²) >= 11 is 0. The Bertz CT molecular complexity index is 1090. The zero-order valence-corrected chi connectivity index (χ0v) is 17.6. The van der Waals surface area contributed by atoms with Crippen LogP contribution in [0.15, 0.2) is 42.5 Å². The smallest absolute Gasteiger partial charge is 0.251 e. The van der Waals surface area contributed by atoms with Crippen LogP contribution in [0, 0.1) is 5.92 Å². The van der Waals surface area contributed by atoms with Gasteiger partial charge in [-0.05, 0) is 67.0 Å². The number of anilines is 1. The summed E-state index contributed by atoms with van der Waals surface area (Å²) in [6, 6.07) is 14.0. The second-order valence-electron chi connectivity index (χ2n) is 8.76. The van der Waals surface area contributed by atoms with Crippen molar-refractivity contribution < 1.29 is 9.53 Å². The van der Waals surface area contributed by atoms with E-state index in [1.807, 2.05) is 42.5 Å². The van der Waals surface area contributed by atoms with E-state index in [0.29, 0.717) is 30.0 Å². The molecule has 6 heteroatoms. The van der Waals surface area contributed by atoms with Gasteiger partial charge in [-0.3, -0.25) is 4.79 Å². The van der Waals surface area contributed by atoms with Crippen LogP contribution in [0.5, 0.6) is 5.88 Å². The van der Waals surface area contributed by atoms with Crippen molar-refractivity contribution in [1.82, 2.24) is 15.3 Å². The number of fused-ring (bicyclic) bond motifs is 1. The molecular formula is C25H28N4O2. The molecule has 2 fully saturated rings. The van der Waals surface area contributed by atoms with E-state index in [9.17, 15) is 4.79 Å². The van der Waals surface area contributed by atoms with Gasteiger partial charge in [0.2, 0.25) is 11.8 Å². The number of carbonyl (C=O) groups excluding carboxylic acids is 1. The van der Waals surface area contributed by atoms with Gasteiger partial charge in [-0.15, -0.1) is 0 Å². The predicted molar refractivity (Wildman–Crippen MR) is 122 cm³/mol. The first-order valence-electron chi connectivity index (χ1n) is 11.3. The van der Waals surface area contributed by atoms with Crippen molar-refractivity contribution in [3.05, 3.63) is 48.0 Å². The van der Waals surface area contributed by atoms with Crippen LogP contribution < -0.4 is 15.8 Å². The second kappa shape index (κ2) is 8.53. The highest BCUT2D eigenvalue weighted by molar-refractivity contribution is 5.95. The van der Waals surface area contributed by atoms with Gasteiger partial charge in [0, 0.05) is 11.6 Å². The molecule has 1 amide bonds. The fraction of sp³-hybridized carbons (Fsp3) is 0.400. The summed E-state index contributed by atoms with van der Waals surface area (Å²) < 4.78 is 5.95. The van der Waals surface area contributed by atoms with Crippen molar-refractivity contribution in [2.24, 2.45) is 5.92 Å². The van der Waals surface area contributed by atoms with Crippen LogP contribution in [0.1, 0.15) is 55.3 Å². The van der Waals surface area contributed by atoms with E-state index in [0.717, 1.165) is 34.9 Å². The lowest BCUT2D eigenvalue weighted by molar-refractivity contribution is 0.0927. The highest BCUT2D eigenvalue weighted by Crippen LogP contribution is 2.33. The Morgan fingerprint density at radius 2 is 1.71 bits per heavy atom. The van der Waals surface area contributed by atoms with Gasteiger partial charge < -0.3 is 15.8 Å². The first-order valence-corrected chi connectivity index (χ1v) is 11.3. The topological polar surface area (TPSA) is 90.1 Å². The van der Waals surface area contributed by atoms with Gasteiger partial charge in [0.25, 0.3) is 5.91 Å². The third kappa shape index (κ3) is 4.63. The number of carbonyl (C=O) groups is 1. The van der Waals surface area contributed by atoms with E-state index in [4.69, 9.17) is 10.5 Å². The molecule has 3 N–H and O–H groups in total. The Balaban J connectivity index is 1.36. The van der Waals surface area contributed by atoms with Crippen LogP contribution in [0.2, 0.25) is 0 Å². The molecule has 5 rings (SSSR count). The Morgan fingerprint density at radius 1 is 0.968 bits per heavy atom. The molecule has 6 nitrogen and oxygen atoms in total. The van der Waals surface area contributed by atoms with Crippen LogP contribution >= 0.6 is 0 Å². The molecule has 0 saturated heterocycles. The van der Waals surface area contributed by atoms with E-state index in [1.54, 1.807) is 0 Å². The first-order chi connectivity index (χ1) is 15.2. The van der Waals surface area contributed by atoms with E-state index >= 15 is 0 Å². The van der Waals surface area contributed by atoms with Crippen molar-refractivity contribution in [3.8, 4) is 17.0 Å². The van der Waals surface area contributed by atoms with Crippen LogP contribution in [-0.4, -0.2) is 28.5 Å². The number of nitrogens with one attached hydrogen (secondary N) is 1. The number of nitrogen functional groups attached to an aromatic ring is 1. The van der Waals surface area contributed by atoms with E-state index < -0.39 is 0 Å². The fourth-order valence-corrected chi connectivity index (χ4v) is 4.22. The summed E-state index contributed by atoms with van der Waals surface area (Å²) in [5.74, 6) is 1.40. The molecule has 2 aliphatic rings. The highest BCUT2D eigenvalue weighted by Gasteiger charge is 2.23. The lowest BCUT2D eigenvalue weighted by Crippen LogP contribution is -2.36. The minimum atomic E-state index is 0.0107. The number of amides is 1. The van der Waals surface area contributed by atoms with Gasteiger partial charge in [0.05, 0.1) is 17.5 Å². The van der Waals surface area contributed by atoms with Crippen LogP contribution in [0.25, 0.3) is 22.0 Å². The number of hydrogen-bond acceptors (Lipinski definition) is 5. The molecule has 31 heavy (non-hydrogen) atoms. The molecule has 1 heterocycles. The standard InChI is InChI=1S/C25H28N4O2/c26-25-28-22-13-12-19(14-21(22)24(29-25)31-15-16-6-7-16)17-8-10-18(11-9-17)23(30)27-20-4-2-1-3-5-20/h8-14,16,20H,1-7,15H2,(H,27,30)(H2,26,28,29). The number of nitrogens with zero attached hydrogens (tertiary/aromatic N) is 2. The number of hydrogen-bond donors (Lipinski definition) is 2. The number of aromatic nitrogens is 2. The Labute approximate surface area is 182 Å². The largest absolute Gasteiger partial charge is 0.477 e. The van der Waals surface area contributed by atoms with E-state index in [1.165, 1.54) is 32.1 Å². The lowest BCUT2D eigenvalue weighted by atomic mass is 9.95. The molecule has 0 atom stereocenters. The third-order valence-corrected chi connectivity index (χ3v) is 6.25. The SMILES string of the molecule is Nc1nc(OCC2CC2)c2cc(-c3ccc(C(=O)NC4CCCCC4)cc3)ccc2n1. The van der Waals surface area contributed by atoms with Crippen molar-refractivity contribution in [2.75, 3.05) is 12.3 Å². The molecule has 0 spiro atoms. The average Bonchev–Trinajstić information content (AvgIpc) is 3.62. The monoisotopic (exact) mass is 416 g/mol. The lowest BCUT2D eigenvalue weighted by Gasteiger charge is -2.22. The molecule has 0 aliphatic heterocycles.